The number of hydrogen-bond acceptors (Lipinski definition) is 5. The minimum absolute atomic E-state index is 0.117. The van der Waals surface area contributed by atoms with Crippen molar-refractivity contribution < 1.29 is 13.5 Å². The predicted molar refractivity (Wildman–Crippen MR) is 91.0 cm³/mol. The molecule has 0 spiro atoms. The van der Waals surface area contributed by atoms with Crippen LogP contribution in [-0.4, -0.2) is 35.2 Å². The summed E-state index contributed by atoms with van der Waals surface area (Å²) in [6.07, 6.45) is 5.36. The van der Waals surface area contributed by atoms with Gasteiger partial charge in [0.05, 0.1) is 17.1 Å². The first-order valence-corrected chi connectivity index (χ1v) is 8.94. The van der Waals surface area contributed by atoms with Crippen molar-refractivity contribution in [3.63, 3.8) is 0 Å². The highest BCUT2D eigenvalue weighted by Gasteiger charge is 2.50. The van der Waals surface area contributed by atoms with Gasteiger partial charge in [0.2, 0.25) is 0 Å². The Hall–Kier alpha value is -1.44. The monoisotopic (exact) mass is 370 g/mol. The first-order valence-electron chi connectivity index (χ1n) is 8.56. The molecule has 5 nitrogen and oxygen atoms in total. The molecule has 8 heteroatoms. The summed E-state index contributed by atoms with van der Waals surface area (Å²) in [5.41, 5.74) is 11.0. The first-order chi connectivity index (χ1) is 11.9. The van der Waals surface area contributed by atoms with E-state index in [4.69, 9.17) is 22.1 Å². The average Bonchev–Trinajstić information content (AvgIpc) is 3.01. The fraction of sp³-hybridized carbons (Fsp3) is 0.588. The minimum Gasteiger partial charge on any atom is -0.382 e. The van der Waals surface area contributed by atoms with E-state index in [2.05, 4.69) is 16.5 Å². The van der Waals surface area contributed by atoms with Gasteiger partial charge in [0, 0.05) is 43.9 Å². The molecule has 3 heterocycles. The molecule has 0 bridgehead atoms. The SMILES string of the molecule is Nc1ncc(C2C=C(C3CCOCC3)N(C3CC(F)(F)C3)N2)cc1Cl. The lowest BCUT2D eigenvalue weighted by molar-refractivity contribution is -0.128. The van der Waals surface area contributed by atoms with Gasteiger partial charge < -0.3 is 15.5 Å². The molecular weight excluding hydrogens is 350 g/mol. The van der Waals surface area contributed by atoms with Gasteiger partial charge in [-0.1, -0.05) is 11.6 Å². The summed E-state index contributed by atoms with van der Waals surface area (Å²) in [4.78, 5) is 4.11. The second kappa shape index (κ2) is 6.37. The van der Waals surface area contributed by atoms with Gasteiger partial charge in [-0.25, -0.2) is 19.2 Å². The number of hydrazine groups is 1. The van der Waals surface area contributed by atoms with Crippen LogP contribution in [0, 0.1) is 5.92 Å². The van der Waals surface area contributed by atoms with Crippen LogP contribution < -0.4 is 11.2 Å². The maximum absolute atomic E-state index is 13.4. The van der Waals surface area contributed by atoms with E-state index in [0.29, 0.717) is 24.2 Å². The number of pyridine rings is 1. The minimum atomic E-state index is -2.56. The summed E-state index contributed by atoms with van der Waals surface area (Å²) in [5.74, 6) is -1.96. The summed E-state index contributed by atoms with van der Waals surface area (Å²) >= 11 is 6.09. The molecule has 1 saturated carbocycles. The third kappa shape index (κ3) is 3.32. The Kier molecular flexibility index (Phi) is 4.33. The quantitative estimate of drug-likeness (QED) is 0.854. The maximum Gasteiger partial charge on any atom is 0.252 e. The molecule has 3 aliphatic rings. The molecule has 136 valence electrons. The van der Waals surface area contributed by atoms with E-state index in [1.54, 1.807) is 12.3 Å². The van der Waals surface area contributed by atoms with E-state index in [1.165, 1.54) is 0 Å². The van der Waals surface area contributed by atoms with Crippen LogP contribution in [0.5, 0.6) is 0 Å². The lowest BCUT2D eigenvalue weighted by Gasteiger charge is -2.44. The Labute approximate surface area is 150 Å². The second-order valence-corrected chi connectivity index (χ2v) is 7.42. The fourth-order valence-electron chi connectivity index (χ4n) is 3.77. The van der Waals surface area contributed by atoms with Gasteiger partial charge in [-0.3, -0.25) is 0 Å². The zero-order valence-corrected chi connectivity index (χ0v) is 14.5. The lowest BCUT2D eigenvalue weighted by Crippen LogP contribution is -2.54. The molecule has 1 saturated heterocycles. The van der Waals surface area contributed by atoms with Crippen molar-refractivity contribution in [3.05, 3.63) is 34.6 Å². The van der Waals surface area contributed by atoms with Gasteiger partial charge in [-0.2, -0.15) is 0 Å². The van der Waals surface area contributed by atoms with Crippen molar-refractivity contribution in [3.8, 4) is 0 Å². The van der Waals surface area contributed by atoms with E-state index >= 15 is 0 Å². The molecule has 0 radical (unpaired) electrons. The standard InChI is InChI=1S/C17H21ClF2N4O/c18-13-5-11(9-22-16(13)21)14-6-15(10-1-3-25-4-2-10)24(23-14)12-7-17(19,20)8-12/h5-6,9-10,12,14,23H,1-4,7-8H2,(H2,21,22). The Morgan fingerprint density at radius 2 is 2.04 bits per heavy atom. The Morgan fingerprint density at radius 1 is 1.32 bits per heavy atom. The Bertz CT molecular complexity index is 685. The van der Waals surface area contributed by atoms with Crippen LogP contribution in [0.15, 0.2) is 24.0 Å². The van der Waals surface area contributed by atoms with Crippen LogP contribution in [0.25, 0.3) is 0 Å². The Morgan fingerprint density at radius 3 is 2.68 bits per heavy atom. The molecule has 1 aliphatic carbocycles. The topological polar surface area (TPSA) is 63.4 Å². The normalized spacial score (nSPS) is 27.2. The number of halogens is 3. The molecule has 25 heavy (non-hydrogen) atoms. The van der Waals surface area contributed by atoms with Crippen LogP contribution in [0.2, 0.25) is 5.02 Å². The summed E-state index contributed by atoms with van der Waals surface area (Å²) < 4.78 is 32.2. The molecule has 3 N–H and O–H groups in total. The van der Waals surface area contributed by atoms with Crippen molar-refractivity contribution in [1.82, 2.24) is 15.4 Å². The highest BCUT2D eigenvalue weighted by molar-refractivity contribution is 6.32. The number of aromatic nitrogens is 1. The van der Waals surface area contributed by atoms with Gasteiger partial charge in [-0.15, -0.1) is 0 Å². The van der Waals surface area contributed by atoms with Gasteiger partial charge >= 0.3 is 0 Å². The molecule has 0 aromatic carbocycles. The molecular formula is C17H21ClF2N4O. The van der Waals surface area contributed by atoms with Crippen LogP contribution in [0.1, 0.15) is 37.3 Å². The number of nitrogen functional groups attached to an aromatic ring is 1. The highest BCUT2D eigenvalue weighted by atomic mass is 35.5. The van der Waals surface area contributed by atoms with E-state index in [0.717, 1.165) is 24.1 Å². The number of nitrogens with two attached hydrogens (primary N) is 1. The summed E-state index contributed by atoms with van der Waals surface area (Å²) in [7, 11) is 0. The molecule has 1 aromatic rings. The van der Waals surface area contributed by atoms with Gasteiger partial charge in [-0.05, 0) is 30.5 Å². The number of anilines is 1. The summed E-state index contributed by atoms with van der Waals surface area (Å²) in [6, 6.07) is 1.45. The number of nitrogens with one attached hydrogen (secondary N) is 1. The average molecular weight is 371 g/mol. The number of alkyl halides is 2. The first kappa shape index (κ1) is 17.0. The zero-order valence-electron chi connectivity index (χ0n) is 13.7. The molecule has 1 unspecified atom stereocenters. The smallest absolute Gasteiger partial charge is 0.252 e. The number of nitrogens with zero attached hydrogens (tertiary/aromatic N) is 2. The van der Waals surface area contributed by atoms with Crippen molar-refractivity contribution in [2.24, 2.45) is 5.92 Å². The summed E-state index contributed by atoms with van der Waals surface area (Å²) in [5, 5.41) is 2.34. The van der Waals surface area contributed by atoms with Crippen LogP contribution in [-0.2, 0) is 4.74 Å². The number of hydrogen-bond donors (Lipinski definition) is 2. The van der Waals surface area contributed by atoms with Crippen LogP contribution in [0.3, 0.4) is 0 Å². The van der Waals surface area contributed by atoms with Crippen LogP contribution >= 0.6 is 11.6 Å². The summed E-state index contributed by atoms with van der Waals surface area (Å²) in [6.45, 7) is 1.41. The molecule has 2 fully saturated rings. The predicted octanol–water partition coefficient (Wildman–Crippen LogP) is 3.29. The number of rotatable bonds is 3. The molecule has 2 aliphatic heterocycles. The van der Waals surface area contributed by atoms with Crippen LogP contribution in [0.4, 0.5) is 14.6 Å². The van der Waals surface area contributed by atoms with Gasteiger partial charge in [0.1, 0.15) is 5.82 Å². The van der Waals surface area contributed by atoms with E-state index in [-0.39, 0.29) is 30.7 Å². The maximum atomic E-state index is 13.4. The van der Waals surface area contributed by atoms with Crippen molar-refractivity contribution in [1.29, 1.82) is 0 Å². The third-order valence-corrected chi connectivity index (χ3v) is 5.52. The largest absolute Gasteiger partial charge is 0.382 e. The second-order valence-electron chi connectivity index (χ2n) is 7.01. The molecule has 4 rings (SSSR count). The third-order valence-electron chi connectivity index (χ3n) is 5.22. The van der Waals surface area contributed by atoms with Crippen molar-refractivity contribution in [2.45, 2.75) is 43.7 Å². The fourth-order valence-corrected chi connectivity index (χ4v) is 3.95. The van der Waals surface area contributed by atoms with Crippen molar-refractivity contribution in [2.75, 3.05) is 18.9 Å². The lowest BCUT2D eigenvalue weighted by atomic mass is 9.86. The zero-order chi connectivity index (χ0) is 17.6. The highest BCUT2D eigenvalue weighted by Crippen LogP contribution is 2.45. The number of ether oxygens (including phenoxy) is 1. The van der Waals surface area contributed by atoms with E-state index in [1.807, 2.05) is 5.01 Å². The van der Waals surface area contributed by atoms with Crippen molar-refractivity contribution >= 4 is 17.4 Å². The van der Waals surface area contributed by atoms with Gasteiger partial charge in [0.25, 0.3) is 5.92 Å². The Balaban J connectivity index is 1.59. The molecule has 0 amide bonds. The number of allylic oxidation sites excluding steroid dienone is 1. The van der Waals surface area contributed by atoms with E-state index in [9.17, 15) is 8.78 Å². The molecule has 1 aromatic heterocycles. The van der Waals surface area contributed by atoms with E-state index < -0.39 is 5.92 Å². The molecule has 1 atom stereocenters. The van der Waals surface area contributed by atoms with Gasteiger partial charge in [0.15, 0.2) is 0 Å².